The van der Waals surface area contributed by atoms with Crippen molar-refractivity contribution in [2.24, 2.45) is 0 Å². The Labute approximate surface area is 83.6 Å². The molecular formula is C10H17FN2O. The van der Waals surface area contributed by atoms with E-state index < -0.39 is 6.17 Å². The number of nitrogens with zero attached hydrogens (tertiary/aromatic N) is 1. The third-order valence-electron chi connectivity index (χ3n) is 3.03. The van der Waals surface area contributed by atoms with Crippen molar-refractivity contribution in [2.75, 3.05) is 19.6 Å². The van der Waals surface area contributed by atoms with Gasteiger partial charge in [-0.1, -0.05) is 0 Å². The van der Waals surface area contributed by atoms with Gasteiger partial charge in [-0.2, -0.15) is 0 Å². The van der Waals surface area contributed by atoms with Crippen LogP contribution in [-0.4, -0.2) is 42.7 Å². The third kappa shape index (κ3) is 2.05. The van der Waals surface area contributed by atoms with Gasteiger partial charge in [-0.05, 0) is 32.2 Å². The van der Waals surface area contributed by atoms with Crippen molar-refractivity contribution in [1.82, 2.24) is 10.2 Å². The van der Waals surface area contributed by atoms with Crippen molar-refractivity contribution >= 4 is 5.91 Å². The van der Waals surface area contributed by atoms with Crippen LogP contribution < -0.4 is 5.32 Å². The normalized spacial score (nSPS) is 33.4. The van der Waals surface area contributed by atoms with Gasteiger partial charge in [0.25, 0.3) is 0 Å². The largest absolute Gasteiger partial charge is 0.338 e. The highest BCUT2D eigenvalue weighted by molar-refractivity contribution is 5.82. The molecule has 2 rings (SSSR count). The quantitative estimate of drug-likeness (QED) is 0.675. The maximum atomic E-state index is 13.1. The summed E-state index contributed by atoms with van der Waals surface area (Å²) in [6.07, 6.45) is 2.57. The summed E-state index contributed by atoms with van der Waals surface area (Å²) in [5, 5.41) is 3.15. The zero-order chi connectivity index (χ0) is 9.97. The van der Waals surface area contributed by atoms with Crippen LogP contribution in [0.4, 0.5) is 4.39 Å². The first-order chi connectivity index (χ1) is 6.77. The molecule has 2 aliphatic heterocycles. The van der Waals surface area contributed by atoms with Gasteiger partial charge in [0.05, 0.1) is 12.6 Å². The van der Waals surface area contributed by atoms with E-state index in [1.54, 1.807) is 4.90 Å². The molecule has 2 fully saturated rings. The SMILES string of the molecule is O=C([C@@H]1CCCN1)N1CCCC(F)C1. The molecule has 4 heteroatoms. The summed E-state index contributed by atoms with van der Waals surface area (Å²) in [5.41, 5.74) is 0. The molecule has 3 nitrogen and oxygen atoms in total. The molecule has 2 aliphatic rings. The Kier molecular flexibility index (Phi) is 3.01. The fraction of sp³-hybridized carbons (Fsp3) is 0.900. The van der Waals surface area contributed by atoms with E-state index in [1.165, 1.54) is 0 Å². The highest BCUT2D eigenvalue weighted by atomic mass is 19.1. The first-order valence-electron chi connectivity index (χ1n) is 5.43. The number of alkyl halides is 1. The molecule has 14 heavy (non-hydrogen) atoms. The van der Waals surface area contributed by atoms with Gasteiger partial charge in [0.15, 0.2) is 0 Å². The molecule has 2 atom stereocenters. The fourth-order valence-electron chi connectivity index (χ4n) is 2.24. The lowest BCUT2D eigenvalue weighted by Crippen LogP contribution is -2.48. The Morgan fingerprint density at radius 2 is 2.21 bits per heavy atom. The standard InChI is InChI=1S/C10H17FN2O/c11-8-3-2-6-13(7-8)10(14)9-4-1-5-12-9/h8-9,12H,1-7H2/t8?,9-/m0/s1. The van der Waals surface area contributed by atoms with Gasteiger partial charge >= 0.3 is 0 Å². The highest BCUT2D eigenvalue weighted by Gasteiger charge is 2.30. The van der Waals surface area contributed by atoms with E-state index in [0.717, 1.165) is 32.4 Å². The predicted octanol–water partition coefficient (Wildman–Crippen LogP) is 0.699. The number of hydrogen-bond donors (Lipinski definition) is 1. The molecule has 0 aliphatic carbocycles. The van der Waals surface area contributed by atoms with Crippen LogP contribution in [0.15, 0.2) is 0 Å². The molecule has 1 N–H and O–H groups in total. The second-order valence-electron chi connectivity index (χ2n) is 4.17. The van der Waals surface area contributed by atoms with Crippen LogP contribution in [0.3, 0.4) is 0 Å². The van der Waals surface area contributed by atoms with Gasteiger partial charge in [0, 0.05) is 6.54 Å². The molecule has 0 aromatic carbocycles. The number of amides is 1. The van der Waals surface area contributed by atoms with Crippen LogP contribution in [0.1, 0.15) is 25.7 Å². The Morgan fingerprint density at radius 1 is 1.36 bits per heavy atom. The van der Waals surface area contributed by atoms with E-state index in [2.05, 4.69) is 5.32 Å². The second-order valence-corrected chi connectivity index (χ2v) is 4.17. The number of halogens is 1. The monoisotopic (exact) mass is 200 g/mol. The number of hydrogen-bond acceptors (Lipinski definition) is 2. The molecule has 0 aromatic rings. The van der Waals surface area contributed by atoms with Crippen LogP contribution >= 0.6 is 0 Å². The molecule has 2 heterocycles. The maximum Gasteiger partial charge on any atom is 0.239 e. The molecule has 1 unspecified atom stereocenters. The Bertz CT molecular complexity index is 216. The first-order valence-corrected chi connectivity index (χ1v) is 5.43. The lowest BCUT2D eigenvalue weighted by atomic mass is 10.1. The van der Waals surface area contributed by atoms with Gasteiger partial charge in [-0.15, -0.1) is 0 Å². The van der Waals surface area contributed by atoms with Gasteiger partial charge in [0.1, 0.15) is 6.17 Å². The Morgan fingerprint density at radius 3 is 2.86 bits per heavy atom. The van der Waals surface area contributed by atoms with Crippen molar-refractivity contribution in [3.8, 4) is 0 Å². The lowest BCUT2D eigenvalue weighted by Gasteiger charge is -2.31. The Balaban J connectivity index is 1.89. The summed E-state index contributed by atoms with van der Waals surface area (Å²) in [6.45, 7) is 1.96. The van der Waals surface area contributed by atoms with Crippen molar-refractivity contribution in [3.05, 3.63) is 0 Å². The Hall–Kier alpha value is -0.640. The molecule has 1 amide bonds. The summed E-state index contributed by atoms with van der Waals surface area (Å²) in [6, 6.07) is -0.0414. The topological polar surface area (TPSA) is 32.3 Å². The van der Waals surface area contributed by atoms with Crippen LogP contribution in [0, 0.1) is 0 Å². The molecular weight excluding hydrogens is 183 g/mol. The minimum Gasteiger partial charge on any atom is -0.338 e. The zero-order valence-corrected chi connectivity index (χ0v) is 8.34. The number of nitrogens with one attached hydrogen (secondary N) is 1. The zero-order valence-electron chi connectivity index (χ0n) is 8.34. The van der Waals surface area contributed by atoms with Gasteiger partial charge in [0.2, 0.25) is 5.91 Å². The predicted molar refractivity (Wildman–Crippen MR) is 51.7 cm³/mol. The fourth-order valence-corrected chi connectivity index (χ4v) is 2.24. The van der Waals surface area contributed by atoms with Crippen LogP contribution in [0.2, 0.25) is 0 Å². The molecule has 2 saturated heterocycles. The highest BCUT2D eigenvalue weighted by Crippen LogP contribution is 2.16. The second kappa shape index (κ2) is 4.26. The molecule has 0 radical (unpaired) electrons. The number of carbonyl (C=O) groups excluding carboxylic acids is 1. The molecule has 0 saturated carbocycles. The number of piperidine rings is 1. The average molecular weight is 200 g/mol. The van der Waals surface area contributed by atoms with Crippen molar-refractivity contribution < 1.29 is 9.18 Å². The summed E-state index contributed by atoms with van der Waals surface area (Å²) < 4.78 is 13.1. The number of carbonyl (C=O) groups is 1. The maximum absolute atomic E-state index is 13.1. The van der Waals surface area contributed by atoms with E-state index in [9.17, 15) is 9.18 Å². The summed E-state index contributed by atoms with van der Waals surface area (Å²) in [7, 11) is 0. The molecule has 80 valence electrons. The first kappa shape index (κ1) is 9.90. The van der Waals surface area contributed by atoms with Crippen molar-refractivity contribution in [1.29, 1.82) is 0 Å². The van der Waals surface area contributed by atoms with Crippen LogP contribution in [0.5, 0.6) is 0 Å². The summed E-state index contributed by atoms with van der Waals surface area (Å²) >= 11 is 0. The lowest BCUT2D eigenvalue weighted by molar-refractivity contribution is -0.135. The molecule has 0 bridgehead atoms. The van der Waals surface area contributed by atoms with Gasteiger partial charge < -0.3 is 10.2 Å². The van der Waals surface area contributed by atoms with Crippen molar-refractivity contribution in [3.63, 3.8) is 0 Å². The van der Waals surface area contributed by atoms with Crippen LogP contribution in [0.25, 0.3) is 0 Å². The van der Waals surface area contributed by atoms with Crippen molar-refractivity contribution in [2.45, 2.75) is 37.9 Å². The smallest absolute Gasteiger partial charge is 0.239 e. The minimum atomic E-state index is -0.811. The minimum absolute atomic E-state index is 0.0414. The van der Waals surface area contributed by atoms with E-state index in [-0.39, 0.29) is 11.9 Å². The summed E-state index contributed by atoms with van der Waals surface area (Å²) in [4.78, 5) is 13.5. The van der Waals surface area contributed by atoms with Gasteiger partial charge in [-0.3, -0.25) is 4.79 Å². The summed E-state index contributed by atoms with van der Waals surface area (Å²) in [5.74, 6) is 0.102. The van der Waals surface area contributed by atoms with Crippen LogP contribution in [-0.2, 0) is 4.79 Å². The van der Waals surface area contributed by atoms with E-state index in [4.69, 9.17) is 0 Å². The van der Waals surface area contributed by atoms with Gasteiger partial charge in [-0.25, -0.2) is 4.39 Å². The number of likely N-dealkylation sites (tertiary alicyclic amines) is 1. The average Bonchev–Trinajstić information content (AvgIpc) is 2.69. The molecule has 0 aromatic heterocycles. The third-order valence-corrected chi connectivity index (χ3v) is 3.03. The van der Waals surface area contributed by atoms with E-state index in [0.29, 0.717) is 13.0 Å². The van der Waals surface area contributed by atoms with E-state index in [1.807, 2.05) is 0 Å². The molecule has 0 spiro atoms. The van der Waals surface area contributed by atoms with E-state index >= 15 is 0 Å². The number of rotatable bonds is 1.